The molecule has 1 rings (SSSR count). The van der Waals surface area contributed by atoms with Crippen LogP contribution in [0, 0.1) is 0 Å². The van der Waals surface area contributed by atoms with Crippen LogP contribution in [0.15, 0.2) is 11.7 Å². The van der Waals surface area contributed by atoms with E-state index in [1.165, 1.54) is 23.5 Å². The summed E-state index contributed by atoms with van der Waals surface area (Å²) >= 11 is 3.64. The van der Waals surface area contributed by atoms with E-state index in [4.69, 9.17) is 0 Å². The van der Waals surface area contributed by atoms with Crippen molar-refractivity contribution in [1.29, 1.82) is 0 Å². The molecule has 0 spiro atoms. The fourth-order valence-electron chi connectivity index (χ4n) is 1.04. The quantitative estimate of drug-likeness (QED) is 0.708. The molecular weight excluding hydrogens is 200 g/mol. The number of nitrogens with one attached hydrogen (secondary N) is 1. The van der Waals surface area contributed by atoms with Crippen LogP contribution in [-0.4, -0.2) is 23.5 Å². The molecule has 0 fully saturated rings. The molecule has 0 aliphatic heterocycles. The molecule has 1 aromatic rings. The van der Waals surface area contributed by atoms with Crippen LogP contribution in [0.4, 0.5) is 0 Å². The van der Waals surface area contributed by atoms with E-state index in [-0.39, 0.29) is 0 Å². The molecule has 0 aliphatic carbocycles. The van der Waals surface area contributed by atoms with Gasteiger partial charge in [-0.2, -0.15) is 11.8 Å². The van der Waals surface area contributed by atoms with Gasteiger partial charge < -0.3 is 5.32 Å². The van der Waals surface area contributed by atoms with Crippen molar-refractivity contribution < 1.29 is 0 Å². The molecule has 0 saturated carbocycles. The number of thiazole rings is 1. The molecule has 1 heterocycles. The van der Waals surface area contributed by atoms with E-state index < -0.39 is 0 Å². The van der Waals surface area contributed by atoms with Gasteiger partial charge in [-0.3, -0.25) is 4.98 Å². The van der Waals surface area contributed by atoms with Gasteiger partial charge in [-0.1, -0.05) is 0 Å². The van der Waals surface area contributed by atoms with Crippen molar-refractivity contribution in [3.05, 3.63) is 16.6 Å². The van der Waals surface area contributed by atoms with Crippen molar-refractivity contribution in [1.82, 2.24) is 10.3 Å². The molecule has 0 amide bonds. The predicted octanol–water partition coefficient (Wildman–Crippen LogP) is 2.38. The third-order valence-corrected chi connectivity index (χ3v) is 3.21. The molecule has 2 nitrogen and oxygen atoms in total. The lowest BCUT2D eigenvalue weighted by molar-refractivity contribution is 0.648. The summed E-state index contributed by atoms with van der Waals surface area (Å²) in [7, 11) is 0. The fraction of sp³-hybridized carbons (Fsp3) is 0.667. The molecule has 0 aromatic carbocycles. The maximum atomic E-state index is 4.03. The lowest BCUT2D eigenvalue weighted by Gasteiger charge is -2.01. The number of hydrogen-bond donors (Lipinski definition) is 1. The molecule has 74 valence electrons. The van der Waals surface area contributed by atoms with Crippen LogP contribution >= 0.6 is 23.1 Å². The number of rotatable bonds is 7. The van der Waals surface area contributed by atoms with E-state index in [0.29, 0.717) is 0 Å². The van der Waals surface area contributed by atoms with E-state index in [9.17, 15) is 0 Å². The molecule has 0 aliphatic rings. The van der Waals surface area contributed by atoms with Crippen LogP contribution in [0.3, 0.4) is 0 Å². The minimum Gasteiger partial charge on any atom is -0.312 e. The number of aromatic nitrogens is 1. The molecule has 0 saturated heterocycles. The molecule has 0 unspecified atom stereocenters. The van der Waals surface area contributed by atoms with E-state index >= 15 is 0 Å². The Balaban J connectivity index is 1.90. The Morgan fingerprint density at radius 3 is 3.15 bits per heavy atom. The summed E-state index contributed by atoms with van der Waals surface area (Å²) in [5.74, 6) is 1.28. The Bertz CT molecular complexity index is 199. The molecule has 0 radical (unpaired) electrons. The van der Waals surface area contributed by atoms with Gasteiger partial charge in [-0.15, -0.1) is 11.3 Å². The van der Waals surface area contributed by atoms with Gasteiger partial charge in [0.25, 0.3) is 0 Å². The smallest absolute Gasteiger partial charge is 0.0794 e. The first-order valence-corrected chi connectivity index (χ1v) is 6.78. The largest absolute Gasteiger partial charge is 0.312 e. The minimum absolute atomic E-state index is 0.976. The second-order valence-corrected chi connectivity index (χ2v) is 4.80. The maximum Gasteiger partial charge on any atom is 0.0794 e. The zero-order chi connectivity index (χ0) is 9.36. The van der Waals surface area contributed by atoms with E-state index in [0.717, 1.165) is 13.1 Å². The van der Waals surface area contributed by atoms with Crippen molar-refractivity contribution in [3.63, 3.8) is 0 Å². The Kier molecular flexibility index (Phi) is 6.23. The number of thioether (sulfide) groups is 1. The van der Waals surface area contributed by atoms with Crippen molar-refractivity contribution >= 4 is 23.1 Å². The van der Waals surface area contributed by atoms with Crippen LogP contribution < -0.4 is 5.32 Å². The van der Waals surface area contributed by atoms with Gasteiger partial charge in [0.2, 0.25) is 0 Å². The normalized spacial score (nSPS) is 10.5. The van der Waals surface area contributed by atoms with Crippen molar-refractivity contribution in [2.45, 2.75) is 19.4 Å². The van der Waals surface area contributed by atoms with Gasteiger partial charge in [0.05, 0.1) is 5.51 Å². The Morgan fingerprint density at radius 1 is 1.54 bits per heavy atom. The second kappa shape index (κ2) is 7.35. The van der Waals surface area contributed by atoms with Crippen LogP contribution in [0.2, 0.25) is 0 Å². The van der Waals surface area contributed by atoms with Gasteiger partial charge in [0.15, 0.2) is 0 Å². The molecule has 0 atom stereocenters. The molecule has 1 aromatic heterocycles. The van der Waals surface area contributed by atoms with Crippen molar-refractivity contribution in [2.24, 2.45) is 0 Å². The summed E-state index contributed by atoms with van der Waals surface area (Å²) < 4.78 is 0. The van der Waals surface area contributed by atoms with Gasteiger partial charge in [0.1, 0.15) is 0 Å². The first-order chi connectivity index (χ1) is 6.43. The number of unbranched alkanes of at least 4 members (excludes halogenated alkanes) is 1. The molecule has 1 N–H and O–H groups in total. The Morgan fingerprint density at radius 2 is 2.46 bits per heavy atom. The molecule has 0 bridgehead atoms. The summed E-state index contributed by atoms with van der Waals surface area (Å²) in [5.41, 5.74) is 1.88. The average molecular weight is 216 g/mol. The van der Waals surface area contributed by atoms with Gasteiger partial charge >= 0.3 is 0 Å². The fourth-order valence-corrected chi connectivity index (χ4v) is 2.09. The van der Waals surface area contributed by atoms with Crippen LogP contribution in [-0.2, 0) is 6.54 Å². The first-order valence-electron chi connectivity index (χ1n) is 4.50. The van der Waals surface area contributed by atoms with E-state index in [2.05, 4.69) is 16.6 Å². The summed E-state index contributed by atoms with van der Waals surface area (Å²) in [4.78, 5) is 5.35. The van der Waals surface area contributed by atoms with E-state index in [1.807, 2.05) is 23.5 Å². The van der Waals surface area contributed by atoms with Crippen molar-refractivity contribution in [2.75, 3.05) is 18.6 Å². The minimum atomic E-state index is 0.976. The monoisotopic (exact) mass is 216 g/mol. The average Bonchev–Trinajstić information content (AvgIpc) is 2.63. The highest BCUT2D eigenvalue weighted by atomic mass is 32.2. The summed E-state index contributed by atoms with van der Waals surface area (Å²) in [6, 6.07) is 0. The number of nitrogens with zero attached hydrogens (tertiary/aromatic N) is 1. The van der Waals surface area contributed by atoms with Crippen LogP contribution in [0.1, 0.15) is 17.7 Å². The van der Waals surface area contributed by atoms with Gasteiger partial charge in [0, 0.05) is 17.6 Å². The molecule has 13 heavy (non-hydrogen) atoms. The summed E-state index contributed by atoms with van der Waals surface area (Å²) in [5, 5.41) is 3.41. The third kappa shape index (κ3) is 5.29. The topological polar surface area (TPSA) is 24.9 Å². The zero-order valence-corrected chi connectivity index (χ0v) is 9.59. The highest BCUT2D eigenvalue weighted by Crippen LogP contribution is 2.04. The third-order valence-electron chi connectivity index (χ3n) is 1.73. The summed E-state index contributed by atoms with van der Waals surface area (Å²) in [6.45, 7) is 2.10. The van der Waals surface area contributed by atoms with Gasteiger partial charge in [-0.25, -0.2) is 0 Å². The lowest BCUT2D eigenvalue weighted by Crippen LogP contribution is -2.13. The predicted molar refractivity (Wildman–Crippen MR) is 61.4 cm³/mol. The summed E-state index contributed by atoms with van der Waals surface area (Å²) in [6.07, 6.45) is 6.68. The first kappa shape index (κ1) is 11.0. The Hall–Kier alpha value is -0.0600. The highest BCUT2D eigenvalue weighted by molar-refractivity contribution is 7.98. The van der Waals surface area contributed by atoms with Crippen molar-refractivity contribution in [3.8, 4) is 0 Å². The highest BCUT2D eigenvalue weighted by Gasteiger charge is 1.93. The molecule has 4 heteroatoms. The van der Waals surface area contributed by atoms with E-state index in [1.54, 1.807) is 11.3 Å². The maximum absolute atomic E-state index is 4.03. The van der Waals surface area contributed by atoms with Gasteiger partial charge in [-0.05, 0) is 31.4 Å². The Labute approximate surface area is 88.2 Å². The zero-order valence-electron chi connectivity index (χ0n) is 7.95. The lowest BCUT2D eigenvalue weighted by atomic mass is 10.3. The molecular formula is C9H16N2S2. The number of hydrogen-bond acceptors (Lipinski definition) is 4. The van der Waals surface area contributed by atoms with Crippen LogP contribution in [0.25, 0.3) is 0 Å². The second-order valence-electron chi connectivity index (χ2n) is 2.84. The standard InChI is InChI=1S/C9H16N2S2/c1-12-5-3-2-4-10-6-9-7-11-8-13-9/h7-8,10H,2-6H2,1H3. The van der Waals surface area contributed by atoms with Crippen LogP contribution in [0.5, 0.6) is 0 Å². The SMILES string of the molecule is CSCCCCNCc1cncs1.